The first-order valence-corrected chi connectivity index (χ1v) is 7.87. The zero-order valence-corrected chi connectivity index (χ0v) is 11.7. The second-order valence-electron chi connectivity index (χ2n) is 6.74. The predicted molar refractivity (Wildman–Crippen MR) is 78.2 cm³/mol. The molecule has 0 heterocycles. The minimum absolute atomic E-state index is 0.212. The number of carbonyl (C=O) groups is 1. The minimum atomic E-state index is 0.212. The Balaban J connectivity index is 1.35. The van der Waals surface area contributed by atoms with Gasteiger partial charge >= 0.3 is 0 Å². The van der Waals surface area contributed by atoms with Crippen molar-refractivity contribution in [3.63, 3.8) is 0 Å². The van der Waals surface area contributed by atoms with Crippen molar-refractivity contribution in [2.24, 2.45) is 17.6 Å². The Hall–Kier alpha value is -1.35. The highest BCUT2D eigenvalue weighted by molar-refractivity contribution is 5.77. The van der Waals surface area contributed by atoms with Gasteiger partial charge in [-0.1, -0.05) is 30.7 Å². The molecule has 0 aliphatic heterocycles. The van der Waals surface area contributed by atoms with Gasteiger partial charge < -0.3 is 11.1 Å². The topological polar surface area (TPSA) is 55.1 Å². The number of hydrogen-bond acceptors (Lipinski definition) is 2. The summed E-state index contributed by atoms with van der Waals surface area (Å²) in [7, 11) is 0. The molecule has 2 fully saturated rings. The lowest BCUT2D eigenvalue weighted by atomic mass is 9.99. The molecule has 3 aliphatic rings. The standard InChI is InChI=1S/C17H22N2O/c18-14-7-3-5-11(14)9-15(20)19-17-13-8-10-4-1-2-6-12(10)16(13)17/h1-2,4,6,11,13-14,16-17H,3,5,7-9,18H2,(H,19,20)/t11-,13?,14+,16?,17?/m0/s1. The van der Waals surface area contributed by atoms with E-state index in [0.29, 0.717) is 30.2 Å². The molecule has 3 unspecified atom stereocenters. The molecule has 0 aromatic heterocycles. The zero-order chi connectivity index (χ0) is 13.7. The first-order valence-electron chi connectivity index (χ1n) is 7.87. The fourth-order valence-corrected chi connectivity index (χ4v) is 4.35. The Labute approximate surface area is 119 Å². The van der Waals surface area contributed by atoms with Gasteiger partial charge in [-0.25, -0.2) is 0 Å². The quantitative estimate of drug-likeness (QED) is 0.882. The average Bonchev–Trinajstić information content (AvgIpc) is 2.79. The molecule has 3 heteroatoms. The molecule has 3 aliphatic carbocycles. The van der Waals surface area contributed by atoms with E-state index in [1.807, 2.05) is 0 Å². The van der Waals surface area contributed by atoms with Gasteiger partial charge in [0.25, 0.3) is 0 Å². The molecule has 3 N–H and O–H groups in total. The summed E-state index contributed by atoms with van der Waals surface area (Å²) in [6, 6.07) is 9.28. The Morgan fingerprint density at radius 2 is 2.15 bits per heavy atom. The Kier molecular flexibility index (Phi) is 2.84. The van der Waals surface area contributed by atoms with Crippen LogP contribution in [0.2, 0.25) is 0 Å². The van der Waals surface area contributed by atoms with Gasteiger partial charge in [-0.05, 0) is 42.2 Å². The van der Waals surface area contributed by atoms with E-state index in [1.165, 1.54) is 17.5 Å². The van der Waals surface area contributed by atoms with Crippen LogP contribution < -0.4 is 11.1 Å². The number of nitrogens with two attached hydrogens (primary N) is 1. The third kappa shape index (κ3) is 1.96. The molecule has 4 rings (SSSR count). The van der Waals surface area contributed by atoms with Crippen LogP contribution in [0.4, 0.5) is 0 Å². The van der Waals surface area contributed by atoms with E-state index in [2.05, 4.69) is 29.6 Å². The molecule has 0 saturated heterocycles. The number of hydrogen-bond donors (Lipinski definition) is 2. The summed E-state index contributed by atoms with van der Waals surface area (Å²) in [5.41, 5.74) is 8.99. The van der Waals surface area contributed by atoms with Crippen LogP contribution >= 0.6 is 0 Å². The normalized spacial score (nSPS) is 37.4. The van der Waals surface area contributed by atoms with Crippen LogP contribution in [0.15, 0.2) is 24.3 Å². The number of nitrogens with one attached hydrogen (secondary N) is 1. The van der Waals surface area contributed by atoms with Crippen LogP contribution in [0.25, 0.3) is 0 Å². The number of benzene rings is 1. The minimum Gasteiger partial charge on any atom is -0.352 e. The summed E-state index contributed by atoms with van der Waals surface area (Å²) in [6.45, 7) is 0. The maximum absolute atomic E-state index is 12.2. The summed E-state index contributed by atoms with van der Waals surface area (Å²) < 4.78 is 0. The first-order chi connectivity index (χ1) is 9.74. The summed E-state index contributed by atoms with van der Waals surface area (Å²) in [6.07, 6.45) is 5.14. The second kappa shape index (κ2) is 4.59. The highest BCUT2D eigenvalue weighted by Gasteiger charge is 2.56. The Bertz CT molecular complexity index is 542. The van der Waals surface area contributed by atoms with Gasteiger partial charge in [-0.2, -0.15) is 0 Å². The van der Waals surface area contributed by atoms with Crippen molar-refractivity contribution in [2.75, 3.05) is 0 Å². The van der Waals surface area contributed by atoms with Crippen molar-refractivity contribution in [2.45, 2.75) is 50.1 Å². The fraction of sp³-hybridized carbons (Fsp3) is 0.588. The van der Waals surface area contributed by atoms with Gasteiger partial charge in [0.15, 0.2) is 0 Å². The summed E-state index contributed by atoms with van der Waals surface area (Å²) in [5, 5.41) is 3.25. The zero-order valence-electron chi connectivity index (χ0n) is 11.7. The highest BCUT2D eigenvalue weighted by Crippen LogP contribution is 2.56. The third-order valence-electron chi connectivity index (χ3n) is 5.53. The molecular weight excluding hydrogens is 248 g/mol. The molecule has 1 aromatic rings. The van der Waals surface area contributed by atoms with E-state index in [4.69, 9.17) is 5.73 Å². The molecule has 20 heavy (non-hydrogen) atoms. The Morgan fingerprint density at radius 3 is 2.95 bits per heavy atom. The highest BCUT2D eigenvalue weighted by atomic mass is 16.1. The molecule has 0 spiro atoms. The van der Waals surface area contributed by atoms with E-state index in [9.17, 15) is 4.79 Å². The molecule has 1 aromatic carbocycles. The van der Waals surface area contributed by atoms with Gasteiger partial charge in [0.05, 0.1) is 0 Å². The van der Waals surface area contributed by atoms with E-state index >= 15 is 0 Å². The van der Waals surface area contributed by atoms with Crippen molar-refractivity contribution in [1.29, 1.82) is 0 Å². The lowest BCUT2D eigenvalue weighted by Gasteiger charge is -2.15. The lowest BCUT2D eigenvalue weighted by Crippen LogP contribution is -2.34. The summed E-state index contributed by atoms with van der Waals surface area (Å²) in [4.78, 5) is 12.2. The van der Waals surface area contributed by atoms with E-state index in [-0.39, 0.29) is 11.9 Å². The van der Waals surface area contributed by atoms with E-state index < -0.39 is 0 Å². The van der Waals surface area contributed by atoms with Gasteiger partial charge in [-0.3, -0.25) is 4.79 Å². The van der Waals surface area contributed by atoms with Crippen LogP contribution in [0.3, 0.4) is 0 Å². The smallest absolute Gasteiger partial charge is 0.220 e. The van der Waals surface area contributed by atoms with Crippen LogP contribution in [-0.4, -0.2) is 18.0 Å². The van der Waals surface area contributed by atoms with Crippen molar-refractivity contribution in [3.05, 3.63) is 35.4 Å². The fourth-order valence-electron chi connectivity index (χ4n) is 4.35. The van der Waals surface area contributed by atoms with Crippen LogP contribution in [-0.2, 0) is 11.2 Å². The van der Waals surface area contributed by atoms with Crippen molar-refractivity contribution >= 4 is 5.91 Å². The maximum atomic E-state index is 12.2. The monoisotopic (exact) mass is 270 g/mol. The molecule has 106 valence electrons. The van der Waals surface area contributed by atoms with Gasteiger partial charge in [0.2, 0.25) is 5.91 Å². The van der Waals surface area contributed by atoms with Crippen LogP contribution in [0.5, 0.6) is 0 Å². The van der Waals surface area contributed by atoms with Crippen LogP contribution in [0.1, 0.15) is 42.7 Å². The van der Waals surface area contributed by atoms with Crippen LogP contribution in [0, 0.1) is 11.8 Å². The summed E-state index contributed by atoms with van der Waals surface area (Å²) >= 11 is 0. The Morgan fingerprint density at radius 1 is 1.30 bits per heavy atom. The molecule has 1 amide bonds. The third-order valence-corrected chi connectivity index (χ3v) is 5.53. The van der Waals surface area contributed by atoms with Crippen molar-refractivity contribution < 1.29 is 4.79 Å². The molecule has 3 nitrogen and oxygen atoms in total. The number of amides is 1. The molecule has 5 atom stereocenters. The summed E-state index contributed by atoms with van der Waals surface area (Å²) in [5.74, 6) is 1.84. The molecule has 0 bridgehead atoms. The van der Waals surface area contributed by atoms with Gasteiger partial charge in [0.1, 0.15) is 0 Å². The molecule has 2 saturated carbocycles. The average molecular weight is 270 g/mol. The number of fused-ring (bicyclic) bond motifs is 3. The number of rotatable bonds is 3. The first kappa shape index (κ1) is 12.4. The van der Waals surface area contributed by atoms with E-state index in [0.717, 1.165) is 19.3 Å². The molecule has 0 radical (unpaired) electrons. The lowest BCUT2D eigenvalue weighted by molar-refractivity contribution is -0.122. The largest absolute Gasteiger partial charge is 0.352 e. The maximum Gasteiger partial charge on any atom is 0.220 e. The SMILES string of the molecule is N[C@@H]1CCC[C@H]1CC(=O)NC1C2Cc3ccccc3C21. The predicted octanol–water partition coefficient (Wildman–Crippen LogP) is 1.96. The van der Waals surface area contributed by atoms with E-state index in [1.54, 1.807) is 0 Å². The van der Waals surface area contributed by atoms with Gasteiger partial charge in [-0.15, -0.1) is 0 Å². The molecular formula is C17H22N2O. The van der Waals surface area contributed by atoms with Crippen molar-refractivity contribution in [1.82, 2.24) is 5.32 Å². The second-order valence-corrected chi connectivity index (χ2v) is 6.74. The van der Waals surface area contributed by atoms with Crippen molar-refractivity contribution in [3.8, 4) is 0 Å². The number of carbonyl (C=O) groups excluding carboxylic acids is 1. The van der Waals surface area contributed by atoms with Gasteiger partial charge in [0, 0.05) is 24.4 Å².